The Bertz CT molecular complexity index is 661. The smallest absolute Gasteiger partial charge is 0.224 e. The molecule has 1 saturated heterocycles. The number of hydrogen-bond acceptors (Lipinski definition) is 6. The summed E-state index contributed by atoms with van der Waals surface area (Å²) in [6.07, 6.45) is 1.07. The zero-order valence-electron chi connectivity index (χ0n) is 19.3. The zero-order valence-corrected chi connectivity index (χ0v) is 21.1. The lowest BCUT2D eigenvalue weighted by molar-refractivity contribution is 0.0376. The van der Waals surface area contributed by atoms with Crippen LogP contribution in [0, 0.1) is 13.8 Å². The zero-order chi connectivity index (χ0) is 21.7. The van der Waals surface area contributed by atoms with Gasteiger partial charge in [0.15, 0.2) is 8.32 Å². The molecular formula is C21H39ClN4O2Si. The summed E-state index contributed by atoms with van der Waals surface area (Å²) < 4.78 is 11.9. The SMILES string of the molecule is Cc1nc(Cl)nc(N(CCCN2CCOCC2)CCO[Si](C)(C)C(C)(C)C)c1C. The van der Waals surface area contributed by atoms with Gasteiger partial charge in [-0.3, -0.25) is 4.90 Å². The van der Waals surface area contributed by atoms with Crippen molar-refractivity contribution in [2.45, 2.75) is 59.2 Å². The molecule has 1 aromatic heterocycles. The highest BCUT2D eigenvalue weighted by Gasteiger charge is 2.37. The minimum Gasteiger partial charge on any atom is -0.415 e. The van der Waals surface area contributed by atoms with Crippen molar-refractivity contribution >= 4 is 25.7 Å². The Balaban J connectivity index is 2.04. The van der Waals surface area contributed by atoms with Gasteiger partial charge >= 0.3 is 0 Å². The van der Waals surface area contributed by atoms with Gasteiger partial charge in [-0.25, -0.2) is 9.97 Å². The lowest BCUT2D eigenvalue weighted by Gasteiger charge is -2.37. The fraction of sp³-hybridized carbons (Fsp3) is 0.810. The summed E-state index contributed by atoms with van der Waals surface area (Å²) in [6, 6.07) is 0. The largest absolute Gasteiger partial charge is 0.415 e. The second kappa shape index (κ2) is 10.5. The van der Waals surface area contributed by atoms with E-state index in [0.717, 1.165) is 69.4 Å². The minimum absolute atomic E-state index is 0.207. The molecule has 1 aliphatic heterocycles. The third-order valence-corrected chi connectivity index (χ3v) is 11.0. The molecule has 0 N–H and O–H groups in total. The number of anilines is 1. The van der Waals surface area contributed by atoms with Crippen molar-refractivity contribution in [2.24, 2.45) is 0 Å². The van der Waals surface area contributed by atoms with Gasteiger partial charge in [-0.2, -0.15) is 0 Å². The molecule has 8 heteroatoms. The lowest BCUT2D eigenvalue weighted by atomic mass is 10.2. The van der Waals surface area contributed by atoms with Gasteiger partial charge in [-0.15, -0.1) is 0 Å². The first-order chi connectivity index (χ1) is 13.5. The van der Waals surface area contributed by atoms with Gasteiger partial charge in [0, 0.05) is 44.0 Å². The molecular weight excluding hydrogens is 404 g/mol. The predicted molar refractivity (Wildman–Crippen MR) is 124 cm³/mol. The first-order valence-corrected chi connectivity index (χ1v) is 14.0. The quantitative estimate of drug-likeness (QED) is 0.419. The normalized spacial score (nSPS) is 16.3. The van der Waals surface area contributed by atoms with Crippen LogP contribution in [0.25, 0.3) is 0 Å². The Morgan fingerprint density at radius 2 is 1.79 bits per heavy atom. The van der Waals surface area contributed by atoms with E-state index in [1.54, 1.807) is 0 Å². The van der Waals surface area contributed by atoms with E-state index in [2.05, 4.69) is 60.6 Å². The van der Waals surface area contributed by atoms with Crippen LogP contribution in [0.15, 0.2) is 0 Å². The minimum atomic E-state index is -1.77. The average molecular weight is 443 g/mol. The monoisotopic (exact) mass is 442 g/mol. The Hall–Kier alpha value is -0.733. The Morgan fingerprint density at radius 1 is 1.14 bits per heavy atom. The van der Waals surface area contributed by atoms with Crippen molar-refractivity contribution < 1.29 is 9.16 Å². The highest BCUT2D eigenvalue weighted by molar-refractivity contribution is 6.74. The van der Waals surface area contributed by atoms with Crippen LogP contribution < -0.4 is 4.90 Å². The molecule has 0 aromatic carbocycles. The molecule has 2 rings (SSSR count). The Labute approximate surface area is 183 Å². The number of hydrogen-bond donors (Lipinski definition) is 0. The van der Waals surface area contributed by atoms with E-state index in [-0.39, 0.29) is 5.04 Å². The van der Waals surface area contributed by atoms with Crippen LogP contribution in [-0.4, -0.2) is 75.7 Å². The van der Waals surface area contributed by atoms with Gasteiger partial charge in [0.05, 0.1) is 19.8 Å². The molecule has 0 atom stereocenters. The molecule has 29 heavy (non-hydrogen) atoms. The molecule has 1 aliphatic rings. The second-order valence-electron chi connectivity index (χ2n) is 9.43. The maximum absolute atomic E-state index is 6.44. The third-order valence-electron chi connectivity index (χ3n) is 6.27. The predicted octanol–water partition coefficient (Wildman–Crippen LogP) is 4.30. The van der Waals surface area contributed by atoms with Gasteiger partial charge in [-0.1, -0.05) is 20.8 Å². The summed E-state index contributed by atoms with van der Waals surface area (Å²) in [5, 5.41) is 0.519. The number of ether oxygens (including phenoxy) is 1. The first kappa shape index (κ1) is 24.5. The number of aromatic nitrogens is 2. The molecule has 0 radical (unpaired) electrons. The van der Waals surface area contributed by atoms with E-state index < -0.39 is 8.32 Å². The average Bonchev–Trinajstić information content (AvgIpc) is 2.63. The van der Waals surface area contributed by atoms with Crippen molar-refractivity contribution in [3.8, 4) is 0 Å². The fourth-order valence-corrected chi connectivity index (χ4v) is 4.39. The van der Waals surface area contributed by atoms with Crippen LogP contribution in [0.3, 0.4) is 0 Å². The summed E-state index contributed by atoms with van der Waals surface area (Å²) in [4.78, 5) is 13.7. The molecule has 0 bridgehead atoms. The maximum Gasteiger partial charge on any atom is 0.224 e. The highest BCUT2D eigenvalue weighted by Crippen LogP contribution is 2.36. The molecule has 0 amide bonds. The van der Waals surface area contributed by atoms with Crippen molar-refractivity contribution in [2.75, 3.05) is 57.4 Å². The number of morpholine rings is 1. The van der Waals surface area contributed by atoms with Gasteiger partial charge in [0.2, 0.25) is 5.28 Å². The first-order valence-electron chi connectivity index (χ1n) is 10.7. The molecule has 0 spiro atoms. The summed E-state index contributed by atoms with van der Waals surface area (Å²) in [7, 11) is -1.77. The summed E-state index contributed by atoms with van der Waals surface area (Å²) >= 11 is 6.19. The van der Waals surface area contributed by atoms with E-state index in [9.17, 15) is 0 Å². The number of nitrogens with zero attached hydrogens (tertiary/aromatic N) is 4. The number of rotatable bonds is 9. The van der Waals surface area contributed by atoms with Crippen LogP contribution in [-0.2, 0) is 9.16 Å². The summed E-state index contributed by atoms with van der Waals surface area (Å²) in [6.45, 7) is 22.7. The van der Waals surface area contributed by atoms with Crippen molar-refractivity contribution in [1.29, 1.82) is 0 Å². The van der Waals surface area contributed by atoms with Crippen molar-refractivity contribution in [3.63, 3.8) is 0 Å². The Morgan fingerprint density at radius 3 is 2.41 bits per heavy atom. The lowest BCUT2D eigenvalue weighted by Crippen LogP contribution is -2.43. The molecule has 0 aliphatic carbocycles. The molecule has 0 unspecified atom stereocenters. The van der Waals surface area contributed by atoms with Crippen LogP contribution in [0.5, 0.6) is 0 Å². The highest BCUT2D eigenvalue weighted by atomic mass is 35.5. The van der Waals surface area contributed by atoms with Gasteiger partial charge < -0.3 is 14.1 Å². The van der Waals surface area contributed by atoms with Crippen LogP contribution in [0.1, 0.15) is 38.4 Å². The van der Waals surface area contributed by atoms with Gasteiger partial charge in [0.1, 0.15) is 5.82 Å². The molecule has 6 nitrogen and oxygen atoms in total. The van der Waals surface area contributed by atoms with Crippen molar-refractivity contribution in [3.05, 3.63) is 16.5 Å². The van der Waals surface area contributed by atoms with Gasteiger partial charge in [0.25, 0.3) is 0 Å². The second-order valence-corrected chi connectivity index (χ2v) is 14.6. The summed E-state index contributed by atoms with van der Waals surface area (Å²) in [5.41, 5.74) is 2.02. The third kappa shape index (κ3) is 7.17. The standard InChI is InChI=1S/C21H39ClN4O2Si/c1-17-18(2)23-20(22)24-19(17)26(10-8-9-25-11-14-27-15-12-25)13-16-28-29(6,7)21(3,4)5/h8-16H2,1-7H3. The van der Waals surface area contributed by atoms with E-state index in [4.69, 9.17) is 20.8 Å². The van der Waals surface area contributed by atoms with Crippen LogP contribution in [0.4, 0.5) is 5.82 Å². The van der Waals surface area contributed by atoms with Crippen LogP contribution in [0.2, 0.25) is 23.4 Å². The molecule has 2 heterocycles. The Kier molecular flexibility index (Phi) is 8.91. The van der Waals surface area contributed by atoms with Gasteiger partial charge in [-0.05, 0) is 50.0 Å². The van der Waals surface area contributed by atoms with E-state index in [1.807, 2.05) is 6.92 Å². The number of halogens is 1. The fourth-order valence-electron chi connectivity index (χ4n) is 3.15. The molecule has 1 aromatic rings. The van der Waals surface area contributed by atoms with Crippen molar-refractivity contribution in [1.82, 2.24) is 14.9 Å². The van der Waals surface area contributed by atoms with E-state index >= 15 is 0 Å². The molecule has 166 valence electrons. The van der Waals surface area contributed by atoms with E-state index in [0.29, 0.717) is 11.9 Å². The maximum atomic E-state index is 6.44. The molecule has 1 fully saturated rings. The number of aryl methyl sites for hydroxylation is 1. The summed E-state index contributed by atoms with van der Waals surface area (Å²) in [5.74, 6) is 0.934. The van der Waals surface area contributed by atoms with E-state index in [1.165, 1.54) is 0 Å². The van der Waals surface area contributed by atoms with Crippen LogP contribution >= 0.6 is 11.6 Å². The molecule has 0 saturated carbocycles. The topological polar surface area (TPSA) is 50.7 Å².